The Bertz CT molecular complexity index is 1100. The molecule has 1 amide bonds. The lowest BCUT2D eigenvalue weighted by Gasteiger charge is -2.13. The highest BCUT2D eigenvalue weighted by Crippen LogP contribution is 2.21. The van der Waals surface area contributed by atoms with Crippen LogP contribution in [0.3, 0.4) is 0 Å². The highest BCUT2D eigenvalue weighted by molar-refractivity contribution is 6.31. The molecule has 0 radical (unpaired) electrons. The van der Waals surface area contributed by atoms with Crippen LogP contribution in [0, 0.1) is 27.7 Å². The first-order chi connectivity index (χ1) is 12.8. The lowest BCUT2D eigenvalue weighted by Crippen LogP contribution is -2.26. The van der Waals surface area contributed by atoms with Crippen LogP contribution in [0.1, 0.15) is 28.8 Å². The highest BCUT2D eigenvalue weighted by atomic mass is 35.5. The zero-order chi connectivity index (χ0) is 19.7. The first kappa shape index (κ1) is 19.1. The Kier molecular flexibility index (Phi) is 5.33. The van der Waals surface area contributed by atoms with Gasteiger partial charge in [-0.15, -0.1) is 0 Å². The number of aromatic nitrogens is 2. The van der Waals surface area contributed by atoms with Crippen molar-refractivity contribution >= 4 is 34.2 Å². The van der Waals surface area contributed by atoms with E-state index in [1.807, 2.05) is 39.0 Å². The lowest BCUT2D eigenvalue weighted by atomic mass is 10.1. The Morgan fingerprint density at radius 2 is 1.78 bits per heavy atom. The summed E-state index contributed by atoms with van der Waals surface area (Å²) >= 11 is 6.00. The number of hydrogen-bond donors (Lipinski definition) is 1. The molecule has 0 aliphatic rings. The minimum absolute atomic E-state index is 0.168. The molecule has 0 saturated carbocycles. The summed E-state index contributed by atoms with van der Waals surface area (Å²) in [5.74, 6) is -0.168. The monoisotopic (exact) mass is 383 g/mol. The molecule has 0 atom stereocenters. The Morgan fingerprint density at radius 1 is 1.07 bits per heavy atom. The van der Waals surface area contributed by atoms with Crippen molar-refractivity contribution in [3.05, 3.63) is 68.1 Å². The van der Waals surface area contributed by atoms with Gasteiger partial charge in [0.1, 0.15) is 5.69 Å². The number of aryl methyl sites for hydroxylation is 5. The summed E-state index contributed by atoms with van der Waals surface area (Å²) in [7, 11) is 0. The summed E-state index contributed by atoms with van der Waals surface area (Å²) < 4.78 is 1.63. The first-order valence-electron chi connectivity index (χ1n) is 8.80. The van der Waals surface area contributed by atoms with E-state index in [4.69, 9.17) is 11.6 Å². The van der Waals surface area contributed by atoms with Crippen molar-refractivity contribution in [1.82, 2.24) is 9.55 Å². The second-order valence-corrected chi connectivity index (χ2v) is 7.27. The van der Waals surface area contributed by atoms with Crippen molar-refractivity contribution in [1.29, 1.82) is 0 Å². The summed E-state index contributed by atoms with van der Waals surface area (Å²) in [6, 6.07) is 9.29. The van der Waals surface area contributed by atoms with Gasteiger partial charge in [-0.05, 0) is 68.7 Å². The average Bonchev–Trinajstić information content (AvgIpc) is 2.60. The van der Waals surface area contributed by atoms with Crippen molar-refractivity contribution in [2.24, 2.45) is 0 Å². The third kappa shape index (κ3) is 4.03. The molecule has 1 heterocycles. The van der Waals surface area contributed by atoms with Gasteiger partial charge in [0.15, 0.2) is 0 Å². The molecule has 3 rings (SSSR count). The number of rotatable bonds is 4. The second kappa shape index (κ2) is 7.53. The van der Waals surface area contributed by atoms with E-state index >= 15 is 0 Å². The zero-order valence-corrected chi connectivity index (χ0v) is 16.6. The van der Waals surface area contributed by atoms with E-state index in [1.165, 1.54) is 0 Å². The number of anilines is 1. The predicted molar refractivity (Wildman–Crippen MR) is 110 cm³/mol. The summed E-state index contributed by atoms with van der Waals surface area (Å²) in [4.78, 5) is 29.4. The van der Waals surface area contributed by atoms with Crippen molar-refractivity contribution in [3.63, 3.8) is 0 Å². The molecule has 0 bridgehead atoms. The summed E-state index contributed by atoms with van der Waals surface area (Å²) in [6.45, 7) is 7.90. The molecule has 140 valence electrons. The molecule has 3 aromatic rings. The van der Waals surface area contributed by atoms with Gasteiger partial charge < -0.3 is 9.88 Å². The van der Waals surface area contributed by atoms with Crippen molar-refractivity contribution in [3.8, 4) is 0 Å². The van der Waals surface area contributed by atoms with Gasteiger partial charge in [-0.25, -0.2) is 4.98 Å². The number of hydrogen-bond acceptors (Lipinski definition) is 3. The molecule has 2 aromatic carbocycles. The molecule has 0 spiro atoms. The molecule has 5 nitrogen and oxygen atoms in total. The van der Waals surface area contributed by atoms with Crippen LogP contribution in [0.25, 0.3) is 11.0 Å². The first-order valence-corrected chi connectivity index (χ1v) is 9.18. The van der Waals surface area contributed by atoms with Gasteiger partial charge in [0.05, 0.1) is 11.0 Å². The van der Waals surface area contributed by atoms with Gasteiger partial charge in [-0.3, -0.25) is 9.59 Å². The van der Waals surface area contributed by atoms with Crippen molar-refractivity contribution in [2.45, 2.75) is 40.7 Å². The van der Waals surface area contributed by atoms with Gasteiger partial charge >= 0.3 is 0 Å². The van der Waals surface area contributed by atoms with Gasteiger partial charge in [-0.1, -0.05) is 17.7 Å². The lowest BCUT2D eigenvalue weighted by molar-refractivity contribution is -0.116. The van der Waals surface area contributed by atoms with E-state index in [9.17, 15) is 9.59 Å². The van der Waals surface area contributed by atoms with E-state index in [0.717, 1.165) is 27.7 Å². The molecule has 0 fully saturated rings. The van der Waals surface area contributed by atoms with Gasteiger partial charge in [0.2, 0.25) is 5.91 Å². The maximum absolute atomic E-state index is 12.6. The Balaban J connectivity index is 1.87. The molecular weight excluding hydrogens is 362 g/mol. The Hall–Kier alpha value is -2.66. The minimum Gasteiger partial charge on any atom is -0.326 e. The largest absolute Gasteiger partial charge is 0.326 e. The topological polar surface area (TPSA) is 64.0 Å². The van der Waals surface area contributed by atoms with E-state index in [0.29, 0.717) is 16.4 Å². The van der Waals surface area contributed by atoms with Crippen LogP contribution in [0.2, 0.25) is 5.02 Å². The normalized spacial score (nSPS) is 11.0. The van der Waals surface area contributed by atoms with E-state index < -0.39 is 0 Å². The fourth-order valence-electron chi connectivity index (χ4n) is 3.00. The average molecular weight is 384 g/mol. The number of nitrogens with one attached hydrogen (secondary N) is 1. The number of nitrogens with zero attached hydrogens (tertiary/aromatic N) is 2. The molecule has 1 aromatic heterocycles. The van der Waals surface area contributed by atoms with Crippen LogP contribution in [-0.4, -0.2) is 15.5 Å². The number of amides is 1. The van der Waals surface area contributed by atoms with Crippen LogP contribution in [0.15, 0.2) is 35.1 Å². The molecule has 27 heavy (non-hydrogen) atoms. The smallest absolute Gasteiger partial charge is 0.272 e. The minimum atomic E-state index is -0.169. The SMILES string of the molecule is Cc1cc2nc(C)c(=O)n(CCC(=O)Nc3cc(Cl)ccc3C)c2cc1C. The van der Waals surface area contributed by atoms with E-state index in [2.05, 4.69) is 10.3 Å². The van der Waals surface area contributed by atoms with Crippen LogP contribution in [-0.2, 0) is 11.3 Å². The van der Waals surface area contributed by atoms with Crippen LogP contribution < -0.4 is 10.9 Å². The molecule has 0 unspecified atom stereocenters. The van der Waals surface area contributed by atoms with Crippen LogP contribution in [0.4, 0.5) is 5.69 Å². The predicted octanol–water partition coefficient (Wildman–Crippen LogP) is 4.31. The van der Waals surface area contributed by atoms with Crippen molar-refractivity contribution in [2.75, 3.05) is 5.32 Å². The number of carbonyl (C=O) groups is 1. The molecule has 1 N–H and O–H groups in total. The van der Waals surface area contributed by atoms with Crippen LogP contribution in [0.5, 0.6) is 0 Å². The summed E-state index contributed by atoms with van der Waals surface area (Å²) in [5.41, 5.74) is 5.59. The fourth-order valence-corrected chi connectivity index (χ4v) is 3.17. The molecule has 0 aliphatic heterocycles. The van der Waals surface area contributed by atoms with Gasteiger partial charge in [-0.2, -0.15) is 0 Å². The number of carbonyl (C=O) groups excluding carboxylic acids is 1. The summed E-state index contributed by atoms with van der Waals surface area (Å²) in [5, 5.41) is 3.43. The second-order valence-electron chi connectivity index (χ2n) is 6.84. The number of benzene rings is 2. The molecular formula is C21H22ClN3O2. The fraction of sp³-hybridized carbons (Fsp3) is 0.286. The highest BCUT2D eigenvalue weighted by Gasteiger charge is 2.12. The molecule has 0 saturated heterocycles. The van der Waals surface area contributed by atoms with Crippen molar-refractivity contribution < 1.29 is 4.79 Å². The maximum Gasteiger partial charge on any atom is 0.272 e. The Labute approximate surface area is 163 Å². The number of fused-ring (bicyclic) bond motifs is 1. The van der Waals surface area contributed by atoms with E-state index in [-0.39, 0.29) is 24.4 Å². The summed E-state index contributed by atoms with van der Waals surface area (Å²) in [6.07, 6.45) is 0.178. The molecule has 6 heteroatoms. The third-order valence-electron chi connectivity index (χ3n) is 4.76. The standard InChI is InChI=1S/C21H22ClN3O2/c1-12-5-6-16(22)11-17(12)24-20(26)7-8-25-19-10-14(3)13(2)9-18(19)23-15(4)21(25)27/h5-6,9-11H,7-8H2,1-4H3,(H,24,26). The Morgan fingerprint density at radius 3 is 2.52 bits per heavy atom. The maximum atomic E-state index is 12.6. The third-order valence-corrected chi connectivity index (χ3v) is 5.00. The quantitative estimate of drug-likeness (QED) is 0.730. The zero-order valence-electron chi connectivity index (χ0n) is 15.9. The van der Waals surface area contributed by atoms with Crippen LogP contribution >= 0.6 is 11.6 Å². The molecule has 0 aliphatic carbocycles. The van der Waals surface area contributed by atoms with Gasteiger partial charge in [0, 0.05) is 23.7 Å². The van der Waals surface area contributed by atoms with E-state index in [1.54, 1.807) is 23.6 Å². The number of halogens is 1. The van der Waals surface area contributed by atoms with Gasteiger partial charge in [0.25, 0.3) is 5.56 Å².